The van der Waals surface area contributed by atoms with Gasteiger partial charge < -0.3 is 0 Å². The molecule has 0 saturated carbocycles. The van der Waals surface area contributed by atoms with Gasteiger partial charge in [0.1, 0.15) is 0 Å². The van der Waals surface area contributed by atoms with E-state index in [1.54, 1.807) is 0 Å². The molecule has 0 heterocycles. The van der Waals surface area contributed by atoms with Crippen molar-refractivity contribution in [1.82, 2.24) is 0 Å². The number of hydrogen-bond donors (Lipinski definition) is 2. The Bertz CT molecular complexity index is 76.6. The summed E-state index contributed by atoms with van der Waals surface area (Å²) in [7, 11) is 0. The van der Waals surface area contributed by atoms with Gasteiger partial charge in [0, 0.05) is 0 Å². The van der Waals surface area contributed by atoms with Gasteiger partial charge in [-0.25, -0.2) is 0 Å². The summed E-state index contributed by atoms with van der Waals surface area (Å²) in [5, 5.41) is 0. The molecule has 0 fully saturated rings. The molecule has 0 aliphatic rings. The molecule has 0 aromatic carbocycles. The molecule has 0 atom stereocenters. The third kappa shape index (κ3) is 3.44. The molecule has 0 aromatic heterocycles. The zero-order valence-corrected chi connectivity index (χ0v) is 6.88. The monoisotopic (exact) mass is 148 g/mol. The van der Waals surface area contributed by atoms with Gasteiger partial charge in [0.2, 0.25) is 0 Å². The SMILES string of the molecule is C=CCC(S)(S)CC. The lowest BCUT2D eigenvalue weighted by Crippen LogP contribution is -2.08. The van der Waals surface area contributed by atoms with Crippen molar-refractivity contribution in [3.63, 3.8) is 0 Å². The van der Waals surface area contributed by atoms with Gasteiger partial charge in [-0.15, -0.1) is 6.58 Å². The molecule has 0 N–H and O–H groups in total. The molecule has 0 unspecified atom stereocenters. The number of allylic oxidation sites excluding steroid dienone is 1. The van der Waals surface area contributed by atoms with Crippen LogP contribution < -0.4 is 0 Å². The summed E-state index contributed by atoms with van der Waals surface area (Å²) >= 11 is 8.52. The Morgan fingerprint density at radius 1 is 1.62 bits per heavy atom. The predicted molar refractivity (Wildman–Crippen MR) is 45.8 cm³/mol. The maximum absolute atomic E-state index is 4.26. The first-order chi connectivity index (χ1) is 3.62. The summed E-state index contributed by atoms with van der Waals surface area (Å²) in [6, 6.07) is 0. The Balaban J connectivity index is 3.53. The molecule has 0 aliphatic heterocycles. The van der Waals surface area contributed by atoms with Crippen LogP contribution >= 0.6 is 25.3 Å². The Morgan fingerprint density at radius 3 is 2.25 bits per heavy atom. The zero-order valence-electron chi connectivity index (χ0n) is 5.09. The maximum Gasteiger partial charge on any atom is 0.0583 e. The van der Waals surface area contributed by atoms with E-state index in [0.717, 1.165) is 12.8 Å². The second-order valence-corrected chi connectivity index (χ2v) is 3.89. The molecule has 48 valence electrons. The second kappa shape index (κ2) is 3.46. The fourth-order valence-electron chi connectivity index (χ4n) is 0.375. The average molecular weight is 148 g/mol. The van der Waals surface area contributed by atoms with E-state index in [9.17, 15) is 0 Å². The normalized spacial score (nSPS) is 11.4. The van der Waals surface area contributed by atoms with E-state index in [-0.39, 0.29) is 4.08 Å². The van der Waals surface area contributed by atoms with Gasteiger partial charge in [0.25, 0.3) is 0 Å². The lowest BCUT2D eigenvalue weighted by molar-refractivity contribution is 0.792. The minimum absolute atomic E-state index is 0.137. The van der Waals surface area contributed by atoms with E-state index in [4.69, 9.17) is 0 Å². The number of thiol groups is 2. The van der Waals surface area contributed by atoms with Gasteiger partial charge >= 0.3 is 0 Å². The van der Waals surface area contributed by atoms with Gasteiger partial charge in [-0.05, 0) is 12.8 Å². The summed E-state index contributed by atoms with van der Waals surface area (Å²) in [6.07, 6.45) is 3.66. The van der Waals surface area contributed by atoms with Crippen molar-refractivity contribution in [3.05, 3.63) is 12.7 Å². The molecular weight excluding hydrogens is 136 g/mol. The molecule has 0 bridgehead atoms. The third-order valence-electron chi connectivity index (χ3n) is 1.04. The average Bonchev–Trinajstić information content (AvgIpc) is 1.67. The van der Waals surface area contributed by atoms with Crippen molar-refractivity contribution in [1.29, 1.82) is 0 Å². The minimum Gasteiger partial charge on any atom is -0.162 e. The third-order valence-corrected chi connectivity index (χ3v) is 2.04. The van der Waals surface area contributed by atoms with Crippen molar-refractivity contribution in [2.75, 3.05) is 0 Å². The highest BCUT2D eigenvalue weighted by atomic mass is 32.2. The Morgan fingerprint density at radius 2 is 2.12 bits per heavy atom. The molecule has 0 saturated heterocycles. The lowest BCUT2D eigenvalue weighted by atomic mass is 10.2. The lowest BCUT2D eigenvalue weighted by Gasteiger charge is -2.16. The van der Waals surface area contributed by atoms with E-state index in [1.165, 1.54) is 0 Å². The summed E-state index contributed by atoms with van der Waals surface area (Å²) in [6.45, 7) is 5.66. The van der Waals surface area contributed by atoms with Gasteiger partial charge in [-0.1, -0.05) is 13.0 Å². The van der Waals surface area contributed by atoms with E-state index in [1.807, 2.05) is 6.08 Å². The van der Waals surface area contributed by atoms with E-state index in [2.05, 4.69) is 38.8 Å². The van der Waals surface area contributed by atoms with Crippen molar-refractivity contribution in [2.45, 2.75) is 23.8 Å². The summed E-state index contributed by atoms with van der Waals surface area (Å²) in [4.78, 5) is 0. The smallest absolute Gasteiger partial charge is 0.0583 e. The fraction of sp³-hybridized carbons (Fsp3) is 0.667. The predicted octanol–water partition coefficient (Wildman–Crippen LogP) is 2.53. The molecule has 0 aromatic rings. The van der Waals surface area contributed by atoms with E-state index < -0.39 is 0 Å². The van der Waals surface area contributed by atoms with Crippen LogP contribution in [0.25, 0.3) is 0 Å². The Kier molecular flexibility index (Phi) is 3.65. The van der Waals surface area contributed by atoms with Crippen molar-refractivity contribution in [3.8, 4) is 0 Å². The molecule has 0 amide bonds. The first kappa shape index (κ1) is 8.44. The molecule has 0 nitrogen and oxygen atoms in total. The zero-order chi connectivity index (χ0) is 6.62. The molecule has 0 aliphatic carbocycles. The summed E-state index contributed by atoms with van der Waals surface area (Å²) < 4.78 is -0.137. The highest BCUT2D eigenvalue weighted by Gasteiger charge is 2.13. The fourth-order valence-corrected chi connectivity index (χ4v) is 0.634. The Labute approximate surface area is 62.2 Å². The topological polar surface area (TPSA) is 0 Å². The number of rotatable bonds is 3. The number of hydrogen-bond acceptors (Lipinski definition) is 2. The van der Waals surface area contributed by atoms with Crippen LogP contribution in [-0.2, 0) is 0 Å². The summed E-state index contributed by atoms with van der Waals surface area (Å²) in [5.74, 6) is 0. The van der Waals surface area contributed by atoms with Crippen molar-refractivity contribution < 1.29 is 0 Å². The van der Waals surface area contributed by atoms with Crippen molar-refractivity contribution in [2.24, 2.45) is 0 Å². The quantitative estimate of drug-likeness (QED) is 0.343. The molecule has 0 radical (unpaired) electrons. The van der Waals surface area contributed by atoms with Crippen LogP contribution in [0.15, 0.2) is 12.7 Å². The van der Waals surface area contributed by atoms with Crippen LogP contribution in [0.2, 0.25) is 0 Å². The van der Waals surface area contributed by atoms with Crippen LogP contribution in [-0.4, -0.2) is 4.08 Å². The highest BCUT2D eigenvalue weighted by molar-refractivity contribution is 8.00. The molecule has 8 heavy (non-hydrogen) atoms. The molecule has 0 rings (SSSR count). The van der Waals surface area contributed by atoms with Crippen LogP contribution in [0.5, 0.6) is 0 Å². The minimum atomic E-state index is -0.137. The molecular formula is C6H12S2. The van der Waals surface area contributed by atoms with Crippen molar-refractivity contribution >= 4 is 25.3 Å². The second-order valence-electron chi connectivity index (χ2n) is 1.83. The molecule has 0 spiro atoms. The van der Waals surface area contributed by atoms with Crippen LogP contribution in [0.3, 0.4) is 0 Å². The van der Waals surface area contributed by atoms with Crippen LogP contribution in [0, 0.1) is 0 Å². The molecule has 2 heteroatoms. The van der Waals surface area contributed by atoms with Gasteiger partial charge in [-0.2, -0.15) is 25.3 Å². The van der Waals surface area contributed by atoms with Crippen LogP contribution in [0.1, 0.15) is 19.8 Å². The Hall–Kier alpha value is 0.440. The maximum atomic E-state index is 4.26. The van der Waals surface area contributed by atoms with E-state index >= 15 is 0 Å². The summed E-state index contributed by atoms with van der Waals surface area (Å²) in [5.41, 5.74) is 0. The van der Waals surface area contributed by atoms with Gasteiger partial charge in [0.15, 0.2) is 0 Å². The first-order valence-corrected chi connectivity index (χ1v) is 3.57. The first-order valence-electron chi connectivity index (χ1n) is 2.68. The largest absolute Gasteiger partial charge is 0.162 e. The van der Waals surface area contributed by atoms with Crippen LogP contribution in [0.4, 0.5) is 0 Å². The van der Waals surface area contributed by atoms with Gasteiger partial charge in [-0.3, -0.25) is 0 Å². The highest BCUT2D eigenvalue weighted by Crippen LogP contribution is 2.27. The standard InChI is InChI=1S/C6H12S2/c1-3-5-6(7,8)4-2/h3,7-8H,1,4-5H2,2H3. The van der Waals surface area contributed by atoms with E-state index in [0.29, 0.717) is 0 Å². The van der Waals surface area contributed by atoms with Gasteiger partial charge in [0.05, 0.1) is 4.08 Å².